The van der Waals surface area contributed by atoms with E-state index in [1.807, 2.05) is 13.0 Å². The summed E-state index contributed by atoms with van der Waals surface area (Å²) in [5.41, 5.74) is 7.52. The van der Waals surface area contributed by atoms with Gasteiger partial charge in [0.05, 0.1) is 5.69 Å². The molecule has 2 rings (SSSR count). The lowest BCUT2D eigenvalue weighted by molar-refractivity contribution is 0.606. The van der Waals surface area contributed by atoms with E-state index in [0.29, 0.717) is 11.7 Å². The van der Waals surface area contributed by atoms with Crippen LogP contribution in [0.5, 0.6) is 0 Å². The molecular formula is C13H19FN2. The lowest BCUT2D eigenvalue weighted by Gasteiger charge is -2.28. The maximum Gasteiger partial charge on any atom is 0.146 e. The van der Waals surface area contributed by atoms with Crippen molar-refractivity contribution >= 4 is 5.69 Å². The quantitative estimate of drug-likeness (QED) is 0.833. The minimum absolute atomic E-state index is 0.126. The van der Waals surface area contributed by atoms with Crippen LogP contribution in [0.25, 0.3) is 0 Å². The number of hydrogen-bond donors (Lipinski definition) is 1. The molecule has 0 amide bonds. The molecule has 1 aromatic rings. The predicted molar refractivity (Wildman–Crippen MR) is 65.0 cm³/mol. The van der Waals surface area contributed by atoms with Gasteiger partial charge in [-0.1, -0.05) is 12.1 Å². The number of nitrogens with zero attached hydrogens (tertiary/aromatic N) is 1. The number of para-hydroxylation sites is 1. The first-order chi connectivity index (χ1) is 7.61. The van der Waals surface area contributed by atoms with Crippen molar-refractivity contribution in [2.75, 3.05) is 11.4 Å². The van der Waals surface area contributed by atoms with Crippen molar-refractivity contribution in [2.24, 2.45) is 5.73 Å². The summed E-state index contributed by atoms with van der Waals surface area (Å²) in [7, 11) is 0. The van der Waals surface area contributed by atoms with Crippen LogP contribution in [0.15, 0.2) is 18.2 Å². The predicted octanol–water partition coefficient (Wildman–Crippen LogP) is 2.83. The van der Waals surface area contributed by atoms with Gasteiger partial charge in [0.1, 0.15) is 5.82 Å². The van der Waals surface area contributed by atoms with Crippen molar-refractivity contribution in [2.45, 2.75) is 38.8 Å². The van der Waals surface area contributed by atoms with Crippen LogP contribution in [0.2, 0.25) is 0 Å². The molecule has 2 atom stereocenters. The first kappa shape index (κ1) is 11.4. The van der Waals surface area contributed by atoms with Gasteiger partial charge in [-0.15, -0.1) is 0 Å². The van der Waals surface area contributed by atoms with Gasteiger partial charge in [0.15, 0.2) is 0 Å². The highest BCUT2D eigenvalue weighted by Gasteiger charge is 2.25. The molecule has 1 aliphatic rings. The Kier molecular flexibility index (Phi) is 3.15. The summed E-state index contributed by atoms with van der Waals surface area (Å²) in [6, 6.07) is 5.46. The number of halogens is 1. The average Bonchev–Trinajstić information content (AvgIpc) is 2.64. The monoisotopic (exact) mass is 222 g/mol. The van der Waals surface area contributed by atoms with E-state index >= 15 is 0 Å². The van der Waals surface area contributed by atoms with Crippen molar-refractivity contribution in [1.82, 2.24) is 0 Å². The van der Waals surface area contributed by atoms with Crippen LogP contribution >= 0.6 is 0 Å². The summed E-state index contributed by atoms with van der Waals surface area (Å²) in [5.74, 6) is -0.149. The lowest BCUT2D eigenvalue weighted by Crippen LogP contribution is -2.29. The zero-order valence-corrected chi connectivity index (χ0v) is 9.91. The van der Waals surface area contributed by atoms with E-state index in [0.717, 1.165) is 24.9 Å². The Hall–Kier alpha value is -1.09. The molecule has 1 aromatic carbocycles. The van der Waals surface area contributed by atoms with Gasteiger partial charge in [-0.05, 0) is 38.3 Å². The second kappa shape index (κ2) is 4.42. The largest absolute Gasteiger partial charge is 0.366 e. The molecule has 1 unspecified atom stereocenters. The molecule has 88 valence electrons. The van der Waals surface area contributed by atoms with E-state index in [2.05, 4.69) is 11.8 Å². The van der Waals surface area contributed by atoms with E-state index in [1.54, 1.807) is 6.07 Å². The van der Waals surface area contributed by atoms with Gasteiger partial charge in [0, 0.05) is 18.6 Å². The molecule has 3 heteroatoms. The molecule has 0 radical (unpaired) electrons. The third-order valence-corrected chi connectivity index (χ3v) is 3.35. The molecule has 2 nitrogen and oxygen atoms in total. The van der Waals surface area contributed by atoms with Crippen molar-refractivity contribution in [1.29, 1.82) is 0 Å². The molecule has 0 bridgehead atoms. The van der Waals surface area contributed by atoms with Crippen LogP contribution in [-0.4, -0.2) is 12.6 Å². The Morgan fingerprint density at radius 1 is 1.50 bits per heavy atom. The van der Waals surface area contributed by atoms with Crippen LogP contribution in [0, 0.1) is 5.82 Å². The Morgan fingerprint density at radius 3 is 2.81 bits per heavy atom. The molecule has 1 fully saturated rings. The Labute approximate surface area is 96.2 Å². The smallest absolute Gasteiger partial charge is 0.146 e. The van der Waals surface area contributed by atoms with E-state index < -0.39 is 0 Å². The van der Waals surface area contributed by atoms with Crippen molar-refractivity contribution < 1.29 is 4.39 Å². The summed E-state index contributed by atoms with van der Waals surface area (Å²) in [6.07, 6.45) is 2.26. The van der Waals surface area contributed by atoms with Gasteiger partial charge in [-0.3, -0.25) is 0 Å². The van der Waals surface area contributed by atoms with E-state index in [-0.39, 0.29) is 11.9 Å². The molecule has 1 heterocycles. The third kappa shape index (κ3) is 1.92. The highest BCUT2D eigenvalue weighted by atomic mass is 19.1. The normalized spacial score (nSPS) is 22.5. The lowest BCUT2D eigenvalue weighted by atomic mass is 10.0. The topological polar surface area (TPSA) is 29.3 Å². The van der Waals surface area contributed by atoms with Gasteiger partial charge in [0.2, 0.25) is 0 Å². The molecule has 1 saturated heterocycles. The van der Waals surface area contributed by atoms with Gasteiger partial charge in [-0.25, -0.2) is 4.39 Å². The van der Waals surface area contributed by atoms with E-state index in [1.165, 1.54) is 6.07 Å². The molecule has 1 aliphatic heterocycles. The fourth-order valence-corrected chi connectivity index (χ4v) is 2.47. The zero-order valence-electron chi connectivity index (χ0n) is 9.91. The van der Waals surface area contributed by atoms with E-state index in [4.69, 9.17) is 5.73 Å². The number of hydrogen-bond acceptors (Lipinski definition) is 2. The van der Waals surface area contributed by atoms with Gasteiger partial charge in [-0.2, -0.15) is 0 Å². The van der Waals surface area contributed by atoms with E-state index in [9.17, 15) is 4.39 Å². The summed E-state index contributed by atoms with van der Waals surface area (Å²) in [6.45, 7) is 4.98. The fraction of sp³-hybridized carbons (Fsp3) is 0.538. The minimum Gasteiger partial charge on any atom is -0.366 e. The number of anilines is 1. The van der Waals surface area contributed by atoms with Crippen molar-refractivity contribution in [3.8, 4) is 0 Å². The minimum atomic E-state index is -0.149. The SMILES string of the molecule is CC1CCCN1c1c(F)cccc1[C@H](C)N. The van der Waals surface area contributed by atoms with Crippen LogP contribution in [0.3, 0.4) is 0 Å². The third-order valence-electron chi connectivity index (χ3n) is 3.35. The standard InChI is InChI=1S/C13H19FN2/c1-9-5-4-8-16(9)13-11(10(2)15)6-3-7-12(13)14/h3,6-7,9-10H,4-5,8,15H2,1-2H3/t9?,10-/m0/s1. The second-order valence-corrected chi connectivity index (χ2v) is 4.65. The van der Waals surface area contributed by atoms with Crippen molar-refractivity contribution in [3.05, 3.63) is 29.6 Å². The van der Waals surface area contributed by atoms with Gasteiger partial charge >= 0.3 is 0 Å². The van der Waals surface area contributed by atoms with Crippen LogP contribution in [-0.2, 0) is 0 Å². The highest BCUT2D eigenvalue weighted by molar-refractivity contribution is 5.57. The van der Waals surface area contributed by atoms with Crippen molar-refractivity contribution in [3.63, 3.8) is 0 Å². The molecule has 0 spiro atoms. The maximum atomic E-state index is 13.9. The average molecular weight is 222 g/mol. The maximum absolute atomic E-state index is 13.9. The summed E-state index contributed by atoms with van der Waals surface area (Å²) < 4.78 is 13.9. The number of benzene rings is 1. The number of rotatable bonds is 2. The Bertz CT molecular complexity index is 376. The summed E-state index contributed by atoms with van der Waals surface area (Å²) in [5, 5.41) is 0. The van der Waals surface area contributed by atoms with Gasteiger partial charge in [0.25, 0.3) is 0 Å². The first-order valence-electron chi connectivity index (χ1n) is 5.92. The van der Waals surface area contributed by atoms with Gasteiger partial charge < -0.3 is 10.6 Å². The molecule has 2 N–H and O–H groups in total. The zero-order chi connectivity index (χ0) is 11.7. The molecule has 0 aromatic heterocycles. The Morgan fingerprint density at radius 2 is 2.25 bits per heavy atom. The molecular weight excluding hydrogens is 203 g/mol. The first-order valence-corrected chi connectivity index (χ1v) is 5.92. The summed E-state index contributed by atoms with van der Waals surface area (Å²) >= 11 is 0. The molecule has 0 saturated carbocycles. The molecule has 0 aliphatic carbocycles. The fourth-order valence-electron chi connectivity index (χ4n) is 2.47. The van der Waals surface area contributed by atoms with Crippen LogP contribution in [0.1, 0.15) is 38.3 Å². The van der Waals surface area contributed by atoms with Crippen LogP contribution < -0.4 is 10.6 Å². The Balaban J connectivity index is 2.45. The summed E-state index contributed by atoms with van der Waals surface area (Å²) in [4.78, 5) is 2.15. The molecule has 16 heavy (non-hydrogen) atoms. The second-order valence-electron chi connectivity index (χ2n) is 4.65. The van der Waals surface area contributed by atoms with Crippen LogP contribution in [0.4, 0.5) is 10.1 Å². The number of nitrogens with two attached hydrogens (primary N) is 1. The highest BCUT2D eigenvalue weighted by Crippen LogP contribution is 2.33.